The normalized spacial score (nSPS) is 22.2. The van der Waals surface area contributed by atoms with E-state index < -0.39 is 27.7 Å². The smallest absolute Gasteiger partial charge is 0.308 e. The maximum absolute atomic E-state index is 14.5. The van der Waals surface area contributed by atoms with Gasteiger partial charge in [0.1, 0.15) is 11.3 Å². The number of carboxylic acid groups (broad SMARTS) is 1. The summed E-state index contributed by atoms with van der Waals surface area (Å²) in [5.41, 5.74) is 1.62. The molecule has 2 N–H and O–H groups in total. The summed E-state index contributed by atoms with van der Waals surface area (Å²) in [6.07, 6.45) is 7.53. The van der Waals surface area contributed by atoms with Crippen molar-refractivity contribution in [1.82, 2.24) is 23.6 Å². The summed E-state index contributed by atoms with van der Waals surface area (Å²) in [6.45, 7) is 1.85. The van der Waals surface area contributed by atoms with Crippen molar-refractivity contribution in [1.29, 1.82) is 0 Å². The quantitative estimate of drug-likeness (QED) is 0.262. The van der Waals surface area contributed by atoms with Crippen LogP contribution < -0.4 is 5.32 Å². The number of anilines is 1. The predicted octanol–water partition coefficient (Wildman–Crippen LogP) is 5.39. The molecule has 0 saturated heterocycles. The van der Waals surface area contributed by atoms with E-state index in [1.165, 1.54) is 28.9 Å². The number of carboxylic acids is 1. The Bertz CT molecular complexity index is 1980. The van der Waals surface area contributed by atoms with Gasteiger partial charge in [0.05, 0.1) is 22.0 Å². The van der Waals surface area contributed by atoms with E-state index in [-0.39, 0.29) is 45.2 Å². The molecule has 0 radical (unpaired) electrons. The summed E-state index contributed by atoms with van der Waals surface area (Å²) in [5.74, 6) is -1.43. The van der Waals surface area contributed by atoms with Crippen molar-refractivity contribution in [2.24, 2.45) is 17.8 Å². The van der Waals surface area contributed by atoms with Crippen LogP contribution in [0.2, 0.25) is 5.02 Å². The molecule has 0 unspecified atom stereocenters. The molecule has 3 fully saturated rings. The summed E-state index contributed by atoms with van der Waals surface area (Å²) < 4.78 is 44.4. The third-order valence-corrected chi connectivity index (χ3v) is 10.6. The zero-order chi connectivity index (χ0) is 29.3. The molecular formula is C29H26ClFN6O4S. The second-order valence-electron chi connectivity index (χ2n) is 11.1. The number of aryl methyl sites for hydroxylation is 1. The zero-order valence-electron chi connectivity index (χ0n) is 22.4. The lowest BCUT2D eigenvalue weighted by molar-refractivity contribution is -0.148. The van der Waals surface area contributed by atoms with E-state index in [0.717, 1.165) is 41.4 Å². The maximum Gasteiger partial charge on any atom is 0.308 e. The van der Waals surface area contributed by atoms with Crippen molar-refractivity contribution in [2.75, 3.05) is 5.32 Å². The van der Waals surface area contributed by atoms with Crippen molar-refractivity contribution in [3.05, 3.63) is 71.4 Å². The largest absolute Gasteiger partial charge is 0.481 e. The van der Waals surface area contributed by atoms with Gasteiger partial charge in [0.15, 0.2) is 17.3 Å². The molecule has 3 aliphatic rings. The number of hydrogen-bond donors (Lipinski definition) is 2. The third kappa shape index (κ3) is 4.23. The Morgan fingerprint density at radius 1 is 1.12 bits per heavy atom. The molecule has 4 heterocycles. The first-order valence-corrected chi connectivity index (χ1v) is 15.5. The van der Waals surface area contributed by atoms with Crippen LogP contribution in [0.3, 0.4) is 0 Å². The Balaban J connectivity index is 1.40. The number of nitrogens with zero attached hydrogens (tertiary/aromatic N) is 5. The van der Waals surface area contributed by atoms with Gasteiger partial charge >= 0.3 is 5.97 Å². The summed E-state index contributed by atoms with van der Waals surface area (Å²) in [7, 11) is -4.11. The highest BCUT2D eigenvalue weighted by molar-refractivity contribution is 7.90. The fourth-order valence-corrected chi connectivity index (χ4v) is 8.17. The summed E-state index contributed by atoms with van der Waals surface area (Å²) in [6, 6.07) is 8.87. The van der Waals surface area contributed by atoms with Crippen molar-refractivity contribution in [2.45, 2.75) is 43.5 Å². The number of carbonyl (C=O) groups is 1. The first kappa shape index (κ1) is 26.8. The first-order valence-electron chi connectivity index (χ1n) is 13.7. The molecule has 3 saturated carbocycles. The Hall–Kier alpha value is -4.03. The predicted molar refractivity (Wildman–Crippen MR) is 154 cm³/mol. The molecule has 3 aliphatic carbocycles. The maximum atomic E-state index is 14.5. The fraction of sp³-hybridized carbons (Fsp3) is 0.310. The van der Waals surface area contributed by atoms with Crippen LogP contribution in [0.15, 0.2) is 59.9 Å². The Morgan fingerprint density at radius 3 is 2.55 bits per heavy atom. The van der Waals surface area contributed by atoms with Gasteiger partial charge in [-0.2, -0.15) is 0 Å². The number of pyridine rings is 1. The highest BCUT2D eigenvalue weighted by atomic mass is 35.5. The highest BCUT2D eigenvalue weighted by Gasteiger charge is 2.47. The van der Waals surface area contributed by atoms with Gasteiger partial charge in [-0.3, -0.25) is 4.79 Å². The van der Waals surface area contributed by atoms with Crippen LogP contribution in [0.5, 0.6) is 0 Å². The van der Waals surface area contributed by atoms with Crippen molar-refractivity contribution in [3.8, 4) is 11.4 Å². The molecular weight excluding hydrogens is 583 g/mol. The van der Waals surface area contributed by atoms with Gasteiger partial charge in [-0.05, 0) is 68.7 Å². The number of nitrogens with one attached hydrogen (secondary N) is 1. The standard InChI is InChI=1S/C29H26ClFN6O4S/c1-15-2-8-19(9-3-15)42(40,41)37-14-21(20-12-18(31)13-32-28(20)37)26-34-27(25-22(30)10-11-36(25)35-26)33-24-17-6-4-16(5-7-17)23(24)29(38)39/h2-3,8-14,16-17,23-24H,4-7H2,1H3,(H,38,39)(H,33,34,35)/t16?,17?,23-,24-/m0/s1. The lowest BCUT2D eigenvalue weighted by Crippen LogP contribution is -2.51. The molecule has 5 aromatic rings. The number of fused-ring (bicyclic) bond motifs is 5. The average Bonchev–Trinajstić information content (AvgIpc) is 3.54. The summed E-state index contributed by atoms with van der Waals surface area (Å²) in [4.78, 5) is 21.2. The molecule has 8 rings (SSSR count). The van der Waals surface area contributed by atoms with Gasteiger partial charge in [0.25, 0.3) is 10.0 Å². The van der Waals surface area contributed by atoms with Crippen molar-refractivity contribution < 1.29 is 22.7 Å². The minimum Gasteiger partial charge on any atom is -0.481 e. The molecule has 10 nitrogen and oxygen atoms in total. The van der Waals surface area contributed by atoms with Crippen LogP contribution in [0, 0.1) is 30.5 Å². The number of rotatable bonds is 6. The zero-order valence-corrected chi connectivity index (χ0v) is 24.0. The monoisotopic (exact) mass is 608 g/mol. The van der Waals surface area contributed by atoms with Crippen LogP contribution in [0.4, 0.5) is 10.2 Å². The van der Waals surface area contributed by atoms with Gasteiger partial charge < -0.3 is 10.4 Å². The molecule has 4 aromatic heterocycles. The van der Waals surface area contributed by atoms with Crippen LogP contribution in [-0.4, -0.2) is 49.1 Å². The lowest BCUT2D eigenvalue weighted by Gasteiger charge is -2.47. The molecule has 13 heteroatoms. The average molecular weight is 609 g/mol. The number of aliphatic carboxylic acids is 1. The van der Waals surface area contributed by atoms with E-state index in [1.807, 2.05) is 6.92 Å². The Kier molecular flexibility index (Phi) is 6.24. The second kappa shape index (κ2) is 9.77. The number of hydrogen-bond acceptors (Lipinski definition) is 7. The lowest BCUT2D eigenvalue weighted by atomic mass is 9.61. The molecule has 0 spiro atoms. The van der Waals surface area contributed by atoms with Gasteiger partial charge in [-0.25, -0.2) is 31.3 Å². The van der Waals surface area contributed by atoms with Crippen molar-refractivity contribution in [3.63, 3.8) is 0 Å². The van der Waals surface area contributed by atoms with Crippen molar-refractivity contribution >= 4 is 50.0 Å². The molecule has 2 bridgehead atoms. The molecule has 216 valence electrons. The number of halogens is 2. The van der Waals surface area contributed by atoms with E-state index in [2.05, 4.69) is 15.4 Å². The van der Waals surface area contributed by atoms with Gasteiger partial charge in [0.2, 0.25) is 0 Å². The Labute approximate surface area is 245 Å². The van der Waals surface area contributed by atoms with Gasteiger partial charge in [-0.15, -0.1) is 5.10 Å². The van der Waals surface area contributed by atoms with E-state index in [1.54, 1.807) is 24.4 Å². The van der Waals surface area contributed by atoms with Crippen LogP contribution in [0.25, 0.3) is 27.9 Å². The molecule has 42 heavy (non-hydrogen) atoms. The molecule has 0 aliphatic heterocycles. The highest BCUT2D eigenvalue weighted by Crippen LogP contribution is 2.47. The SMILES string of the molecule is Cc1ccc(S(=O)(=O)n2cc(-c3nc(N[C@H]4C5CCC(CC5)[C@@H]4C(=O)O)c4c(Cl)ccn4n3)c3cc(F)cnc32)cc1. The fourth-order valence-electron chi connectivity index (χ4n) is 6.61. The molecule has 2 atom stereocenters. The summed E-state index contributed by atoms with van der Waals surface area (Å²) in [5, 5.41) is 18.7. The minimum absolute atomic E-state index is 0.0197. The van der Waals surface area contributed by atoms with Crippen LogP contribution in [0.1, 0.15) is 31.2 Å². The third-order valence-electron chi connectivity index (χ3n) is 8.67. The van der Waals surface area contributed by atoms with Crippen LogP contribution in [-0.2, 0) is 14.8 Å². The van der Waals surface area contributed by atoms with Crippen LogP contribution >= 0.6 is 11.6 Å². The first-order chi connectivity index (χ1) is 20.1. The second-order valence-corrected chi connectivity index (χ2v) is 13.4. The topological polar surface area (TPSA) is 131 Å². The minimum atomic E-state index is -4.11. The van der Waals surface area contributed by atoms with Gasteiger partial charge in [-0.1, -0.05) is 29.3 Å². The van der Waals surface area contributed by atoms with E-state index in [4.69, 9.17) is 16.6 Å². The summed E-state index contributed by atoms with van der Waals surface area (Å²) >= 11 is 6.53. The van der Waals surface area contributed by atoms with E-state index >= 15 is 0 Å². The van der Waals surface area contributed by atoms with E-state index in [0.29, 0.717) is 16.4 Å². The van der Waals surface area contributed by atoms with E-state index in [9.17, 15) is 22.7 Å². The number of benzene rings is 1. The Morgan fingerprint density at radius 2 is 1.83 bits per heavy atom. The molecule has 0 amide bonds. The number of aromatic nitrogens is 5. The molecule has 1 aromatic carbocycles. The van der Waals surface area contributed by atoms with Gasteiger partial charge in [0, 0.05) is 29.4 Å².